The second kappa shape index (κ2) is 6.64. The molecule has 0 radical (unpaired) electrons. The molecule has 0 unspecified atom stereocenters. The smallest absolute Gasteiger partial charge is 0.182 e. The van der Waals surface area contributed by atoms with Gasteiger partial charge in [0.2, 0.25) is 0 Å². The van der Waals surface area contributed by atoms with Crippen LogP contribution in [-0.4, -0.2) is 31.4 Å². The van der Waals surface area contributed by atoms with Gasteiger partial charge in [-0.2, -0.15) is 0 Å². The number of aromatic hydroxyl groups is 1. The van der Waals surface area contributed by atoms with E-state index in [4.69, 9.17) is 24.4 Å². The fourth-order valence-electron chi connectivity index (χ4n) is 2.54. The molecular formula is C18H18N2O5. The van der Waals surface area contributed by atoms with E-state index < -0.39 is 0 Å². The van der Waals surface area contributed by atoms with Crippen molar-refractivity contribution in [3.05, 3.63) is 36.7 Å². The number of phenols is 1. The van der Waals surface area contributed by atoms with E-state index >= 15 is 0 Å². The molecule has 0 saturated carbocycles. The monoisotopic (exact) mass is 342 g/mol. The second-order valence-electron chi connectivity index (χ2n) is 5.21. The molecule has 0 atom stereocenters. The molecule has 3 aromatic rings. The van der Waals surface area contributed by atoms with Crippen LogP contribution >= 0.6 is 0 Å². The Morgan fingerprint density at radius 3 is 2.28 bits per heavy atom. The van der Waals surface area contributed by atoms with E-state index in [0.29, 0.717) is 28.5 Å². The third kappa shape index (κ3) is 2.91. The number of nitrogen functional groups attached to an aromatic ring is 1. The Morgan fingerprint density at radius 2 is 1.68 bits per heavy atom. The molecule has 0 aliphatic rings. The van der Waals surface area contributed by atoms with Gasteiger partial charge in [-0.3, -0.25) is 0 Å². The van der Waals surface area contributed by atoms with Gasteiger partial charge in [0.25, 0.3) is 0 Å². The van der Waals surface area contributed by atoms with Crippen molar-refractivity contribution in [3.63, 3.8) is 0 Å². The van der Waals surface area contributed by atoms with Gasteiger partial charge in [-0.05, 0) is 24.3 Å². The topological polar surface area (TPSA) is 100.0 Å². The summed E-state index contributed by atoms with van der Waals surface area (Å²) in [5, 5.41) is 10.2. The molecule has 3 N–H and O–H groups in total. The first kappa shape index (κ1) is 16.5. The summed E-state index contributed by atoms with van der Waals surface area (Å²) >= 11 is 0. The number of aromatic nitrogens is 1. The van der Waals surface area contributed by atoms with Gasteiger partial charge in [0.1, 0.15) is 17.2 Å². The van der Waals surface area contributed by atoms with Crippen molar-refractivity contribution < 1.29 is 23.7 Å². The summed E-state index contributed by atoms with van der Waals surface area (Å²) in [5.41, 5.74) is 7.98. The van der Waals surface area contributed by atoms with Gasteiger partial charge >= 0.3 is 0 Å². The molecule has 0 aliphatic carbocycles. The predicted molar refractivity (Wildman–Crippen MR) is 93.1 cm³/mol. The van der Waals surface area contributed by atoms with Crippen molar-refractivity contribution in [2.75, 3.05) is 27.1 Å². The fourth-order valence-corrected chi connectivity index (χ4v) is 2.54. The zero-order valence-electron chi connectivity index (χ0n) is 14.1. The highest BCUT2D eigenvalue weighted by atomic mass is 16.5. The second-order valence-corrected chi connectivity index (χ2v) is 5.21. The van der Waals surface area contributed by atoms with E-state index in [2.05, 4.69) is 4.98 Å². The largest absolute Gasteiger partial charge is 0.503 e. The molecule has 3 rings (SSSR count). The van der Waals surface area contributed by atoms with Crippen molar-refractivity contribution in [3.8, 4) is 45.6 Å². The molecule has 0 aliphatic heterocycles. The van der Waals surface area contributed by atoms with E-state index in [9.17, 15) is 5.11 Å². The van der Waals surface area contributed by atoms with Gasteiger partial charge in [-0.1, -0.05) is 0 Å². The Hall–Kier alpha value is -3.35. The van der Waals surface area contributed by atoms with Crippen LogP contribution in [0.2, 0.25) is 0 Å². The minimum atomic E-state index is -0.148. The van der Waals surface area contributed by atoms with Gasteiger partial charge in [-0.25, -0.2) is 4.98 Å². The van der Waals surface area contributed by atoms with Crippen LogP contribution in [0.25, 0.3) is 22.6 Å². The minimum Gasteiger partial charge on any atom is -0.503 e. The lowest BCUT2D eigenvalue weighted by atomic mass is 10.0. The number of oxazole rings is 1. The number of phenolic OH excluding ortho intramolecular Hbond substituents is 1. The van der Waals surface area contributed by atoms with Crippen molar-refractivity contribution >= 4 is 5.69 Å². The lowest BCUT2D eigenvalue weighted by Gasteiger charge is -2.11. The molecule has 1 aromatic heterocycles. The minimum absolute atomic E-state index is 0.146. The number of benzene rings is 2. The highest BCUT2D eigenvalue weighted by Crippen LogP contribution is 2.43. The standard InChI is InChI=1S/C18H18N2O5/c1-22-11-6-10(7-12(8-11)23-2)16-18(25-9-20-16)13-4-5-14(24-3)17(21)15(13)19/h4-9,21H,19H2,1-3H3. The van der Waals surface area contributed by atoms with Crippen LogP contribution in [0.5, 0.6) is 23.0 Å². The SMILES string of the molecule is COc1cc(OC)cc(-c2ncoc2-c2ccc(OC)c(O)c2N)c1. The van der Waals surface area contributed by atoms with Crippen molar-refractivity contribution in [2.45, 2.75) is 0 Å². The molecule has 0 spiro atoms. The Labute approximate surface area is 144 Å². The summed E-state index contributed by atoms with van der Waals surface area (Å²) in [4.78, 5) is 4.28. The molecule has 25 heavy (non-hydrogen) atoms. The number of nitrogens with zero attached hydrogens (tertiary/aromatic N) is 1. The number of hydrogen-bond donors (Lipinski definition) is 2. The van der Waals surface area contributed by atoms with Crippen LogP contribution in [0.15, 0.2) is 41.1 Å². The summed E-state index contributed by atoms with van der Waals surface area (Å²) in [7, 11) is 4.60. The van der Waals surface area contributed by atoms with E-state index in [1.54, 1.807) is 32.4 Å². The molecule has 7 heteroatoms. The first-order chi connectivity index (χ1) is 12.1. The normalized spacial score (nSPS) is 10.5. The number of ether oxygens (including phenoxy) is 3. The summed E-state index contributed by atoms with van der Waals surface area (Å²) in [5.74, 6) is 1.80. The number of anilines is 1. The third-order valence-corrected chi connectivity index (χ3v) is 3.84. The quantitative estimate of drug-likeness (QED) is 0.542. The van der Waals surface area contributed by atoms with Crippen LogP contribution in [-0.2, 0) is 0 Å². The van der Waals surface area contributed by atoms with Gasteiger partial charge in [-0.15, -0.1) is 0 Å². The maximum atomic E-state index is 10.2. The van der Waals surface area contributed by atoms with Crippen molar-refractivity contribution in [1.82, 2.24) is 4.98 Å². The molecule has 0 saturated heterocycles. The summed E-state index contributed by atoms with van der Waals surface area (Å²) < 4.78 is 21.2. The Bertz CT molecular complexity index is 882. The zero-order valence-corrected chi connectivity index (χ0v) is 14.1. The van der Waals surface area contributed by atoms with Gasteiger partial charge in [0.05, 0.1) is 27.0 Å². The average Bonchev–Trinajstić information content (AvgIpc) is 3.13. The van der Waals surface area contributed by atoms with Crippen molar-refractivity contribution in [2.24, 2.45) is 0 Å². The van der Waals surface area contributed by atoms with Crippen LogP contribution in [0, 0.1) is 0 Å². The lowest BCUT2D eigenvalue weighted by molar-refractivity contribution is 0.375. The Balaban J connectivity index is 2.15. The number of methoxy groups -OCH3 is 3. The van der Waals surface area contributed by atoms with Gasteiger partial charge in [0.15, 0.2) is 23.7 Å². The van der Waals surface area contributed by atoms with Crippen LogP contribution < -0.4 is 19.9 Å². The highest BCUT2D eigenvalue weighted by molar-refractivity contribution is 5.87. The molecule has 1 heterocycles. The van der Waals surface area contributed by atoms with Crippen LogP contribution in [0.1, 0.15) is 0 Å². The molecule has 0 amide bonds. The fraction of sp³-hybridized carbons (Fsp3) is 0.167. The van der Waals surface area contributed by atoms with E-state index in [1.807, 2.05) is 12.1 Å². The molecule has 2 aromatic carbocycles. The summed E-state index contributed by atoms with van der Waals surface area (Å²) in [6.45, 7) is 0. The maximum Gasteiger partial charge on any atom is 0.182 e. The van der Waals surface area contributed by atoms with E-state index in [1.165, 1.54) is 13.5 Å². The van der Waals surface area contributed by atoms with Crippen molar-refractivity contribution in [1.29, 1.82) is 0 Å². The predicted octanol–water partition coefficient (Wildman–Crippen LogP) is 3.32. The molecule has 0 bridgehead atoms. The van der Waals surface area contributed by atoms with Crippen LogP contribution in [0.3, 0.4) is 0 Å². The lowest BCUT2D eigenvalue weighted by Crippen LogP contribution is -1.95. The van der Waals surface area contributed by atoms with E-state index in [-0.39, 0.29) is 17.2 Å². The molecule has 0 fully saturated rings. The van der Waals surface area contributed by atoms with E-state index in [0.717, 1.165) is 5.56 Å². The molecule has 7 nitrogen and oxygen atoms in total. The first-order valence-electron chi connectivity index (χ1n) is 7.41. The van der Waals surface area contributed by atoms with Crippen LogP contribution in [0.4, 0.5) is 5.69 Å². The molecular weight excluding hydrogens is 324 g/mol. The highest BCUT2D eigenvalue weighted by Gasteiger charge is 2.20. The maximum absolute atomic E-state index is 10.2. The third-order valence-electron chi connectivity index (χ3n) is 3.84. The summed E-state index contributed by atoms with van der Waals surface area (Å²) in [6, 6.07) is 8.69. The zero-order chi connectivity index (χ0) is 18.0. The van der Waals surface area contributed by atoms with Gasteiger partial charge < -0.3 is 29.5 Å². The Kier molecular flexibility index (Phi) is 4.38. The molecule has 130 valence electrons. The first-order valence-corrected chi connectivity index (χ1v) is 7.41. The average molecular weight is 342 g/mol. The number of rotatable bonds is 5. The number of nitrogens with two attached hydrogens (primary N) is 1. The Morgan fingerprint density at radius 1 is 1.00 bits per heavy atom. The van der Waals surface area contributed by atoms with Gasteiger partial charge in [0, 0.05) is 17.2 Å². The summed E-state index contributed by atoms with van der Waals surface area (Å²) in [6.07, 6.45) is 1.32. The number of hydrogen-bond acceptors (Lipinski definition) is 7.